The number of rotatable bonds is 4. The largest absolute Gasteiger partial charge is 0.478 e. The van der Waals surface area contributed by atoms with Crippen molar-refractivity contribution in [3.05, 3.63) is 11.8 Å². The lowest BCUT2D eigenvalue weighted by molar-refractivity contribution is 0.326. The van der Waals surface area contributed by atoms with E-state index >= 15 is 0 Å². The van der Waals surface area contributed by atoms with E-state index in [0.29, 0.717) is 18.4 Å². The molecule has 86 valence electrons. The van der Waals surface area contributed by atoms with Gasteiger partial charge in [0.1, 0.15) is 0 Å². The van der Waals surface area contributed by atoms with E-state index in [9.17, 15) is 0 Å². The number of hydrogen-bond acceptors (Lipinski definition) is 4. The van der Waals surface area contributed by atoms with Crippen LogP contribution in [0.1, 0.15) is 26.5 Å². The molecule has 4 heteroatoms. The van der Waals surface area contributed by atoms with Crippen LogP contribution >= 0.6 is 0 Å². The summed E-state index contributed by atoms with van der Waals surface area (Å²) in [6, 6.07) is 1.79. The van der Waals surface area contributed by atoms with Gasteiger partial charge in [0, 0.05) is 11.8 Å². The standard InChI is InChI=1S/C12H17N3O/c1-6-12(4,5)15-11-13-9(3)8-10(14-11)16-7-2/h1,8H,7H2,2-5H3,(H,13,14,15). The third kappa shape index (κ3) is 3.43. The Bertz CT molecular complexity index is 407. The highest BCUT2D eigenvalue weighted by atomic mass is 16.5. The molecule has 1 aromatic heterocycles. The average molecular weight is 219 g/mol. The Hall–Kier alpha value is -1.76. The number of hydrogen-bond donors (Lipinski definition) is 1. The molecule has 0 aliphatic heterocycles. The second-order valence-corrected chi connectivity index (χ2v) is 4.00. The van der Waals surface area contributed by atoms with E-state index in [4.69, 9.17) is 11.2 Å². The van der Waals surface area contributed by atoms with E-state index in [1.54, 1.807) is 6.07 Å². The quantitative estimate of drug-likeness (QED) is 0.787. The van der Waals surface area contributed by atoms with E-state index in [1.807, 2.05) is 27.7 Å². The van der Waals surface area contributed by atoms with Crippen LogP contribution in [0.25, 0.3) is 0 Å². The Balaban J connectivity index is 2.93. The van der Waals surface area contributed by atoms with Gasteiger partial charge in [-0.3, -0.25) is 0 Å². The number of anilines is 1. The lowest BCUT2D eigenvalue weighted by Crippen LogP contribution is -2.29. The van der Waals surface area contributed by atoms with Crippen molar-refractivity contribution in [3.8, 4) is 18.2 Å². The van der Waals surface area contributed by atoms with Crippen LogP contribution in [0.2, 0.25) is 0 Å². The lowest BCUT2D eigenvalue weighted by atomic mass is 10.1. The topological polar surface area (TPSA) is 47.0 Å². The maximum absolute atomic E-state index is 5.39. The predicted octanol–water partition coefficient (Wildman–Crippen LogP) is 2.01. The summed E-state index contributed by atoms with van der Waals surface area (Å²) in [4.78, 5) is 8.47. The molecule has 0 saturated heterocycles. The van der Waals surface area contributed by atoms with Crippen LogP contribution in [0.4, 0.5) is 5.95 Å². The van der Waals surface area contributed by atoms with Crippen molar-refractivity contribution in [2.45, 2.75) is 33.2 Å². The molecular weight excluding hydrogens is 202 g/mol. The number of nitrogens with zero attached hydrogens (tertiary/aromatic N) is 2. The molecule has 0 aliphatic rings. The molecule has 0 atom stereocenters. The number of aryl methyl sites for hydroxylation is 1. The average Bonchev–Trinajstić information content (AvgIpc) is 2.16. The van der Waals surface area contributed by atoms with Gasteiger partial charge in [0.05, 0.1) is 12.1 Å². The van der Waals surface area contributed by atoms with Gasteiger partial charge in [-0.15, -0.1) is 6.42 Å². The molecule has 4 nitrogen and oxygen atoms in total. The Morgan fingerprint density at radius 2 is 2.19 bits per heavy atom. The minimum atomic E-state index is -0.475. The molecule has 0 spiro atoms. The SMILES string of the molecule is C#CC(C)(C)Nc1nc(C)cc(OCC)n1. The van der Waals surface area contributed by atoms with Crippen molar-refractivity contribution in [3.63, 3.8) is 0 Å². The number of nitrogens with one attached hydrogen (secondary N) is 1. The monoisotopic (exact) mass is 219 g/mol. The first-order chi connectivity index (χ1) is 7.46. The summed E-state index contributed by atoms with van der Waals surface area (Å²) in [7, 11) is 0. The third-order valence-corrected chi connectivity index (χ3v) is 1.91. The van der Waals surface area contributed by atoms with Gasteiger partial charge >= 0.3 is 0 Å². The van der Waals surface area contributed by atoms with Crippen molar-refractivity contribution in [1.29, 1.82) is 0 Å². The van der Waals surface area contributed by atoms with Gasteiger partial charge in [-0.2, -0.15) is 4.98 Å². The highest BCUT2D eigenvalue weighted by Crippen LogP contribution is 2.15. The van der Waals surface area contributed by atoms with Crippen LogP contribution in [0.5, 0.6) is 5.88 Å². The molecule has 1 heterocycles. The zero-order chi connectivity index (χ0) is 12.2. The van der Waals surface area contributed by atoms with E-state index in [1.165, 1.54) is 0 Å². The summed E-state index contributed by atoms with van der Waals surface area (Å²) in [6.07, 6.45) is 5.39. The molecule has 0 aliphatic carbocycles. The van der Waals surface area contributed by atoms with Crippen LogP contribution in [0.3, 0.4) is 0 Å². The van der Waals surface area contributed by atoms with Gasteiger partial charge in [0.15, 0.2) is 0 Å². The highest BCUT2D eigenvalue weighted by molar-refractivity contribution is 5.37. The van der Waals surface area contributed by atoms with Gasteiger partial charge < -0.3 is 10.1 Å². The van der Waals surface area contributed by atoms with Crippen LogP contribution in [0, 0.1) is 19.3 Å². The van der Waals surface area contributed by atoms with Gasteiger partial charge in [0.2, 0.25) is 11.8 Å². The van der Waals surface area contributed by atoms with E-state index in [-0.39, 0.29) is 0 Å². The Labute approximate surface area is 96.5 Å². The van der Waals surface area contributed by atoms with Gasteiger partial charge in [0.25, 0.3) is 0 Å². The van der Waals surface area contributed by atoms with Crippen LogP contribution in [-0.4, -0.2) is 22.1 Å². The summed E-state index contributed by atoms with van der Waals surface area (Å²) in [5, 5.41) is 3.07. The van der Waals surface area contributed by atoms with Gasteiger partial charge in [-0.1, -0.05) is 5.92 Å². The molecular formula is C12H17N3O. The highest BCUT2D eigenvalue weighted by Gasteiger charge is 2.15. The van der Waals surface area contributed by atoms with E-state index < -0.39 is 5.54 Å². The Kier molecular flexibility index (Phi) is 3.73. The molecule has 0 unspecified atom stereocenters. The molecule has 0 bridgehead atoms. The molecule has 0 aromatic carbocycles. The molecule has 16 heavy (non-hydrogen) atoms. The lowest BCUT2D eigenvalue weighted by Gasteiger charge is -2.19. The van der Waals surface area contributed by atoms with Crippen molar-refractivity contribution in [2.24, 2.45) is 0 Å². The maximum atomic E-state index is 5.39. The normalized spacial score (nSPS) is 10.7. The molecule has 0 amide bonds. The third-order valence-electron chi connectivity index (χ3n) is 1.91. The second-order valence-electron chi connectivity index (χ2n) is 4.00. The zero-order valence-corrected chi connectivity index (χ0v) is 10.2. The molecule has 0 saturated carbocycles. The Morgan fingerprint density at radius 3 is 2.75 bits per heavy atom. The maximum Gasteiger partial charge on any atom is 0.227 e. The fourth-order valence-corrected chi connectivity index (χ4v) is 1.13. The first-order valence-corrected chi connectivity index (χ1v) is 5.21. The van der Waals surface area contributed by atoms with E-state index in [2.05, 4.69) is 21.2 Å². The fraction of sp³-hybridized carbons (Fsp3) is 0.500. The van der Waals surface area contributed by atoms with Crippen molar-refractivity contribution >= 4 is 5.95 Å². The van der Waals surface area contributed by atoms with Crippen molar-refractivity contribution in [2.75, 3.05) is 11.9 Å². The molecule has 1 N–H and O–H groups in total. The minimum absolute atomic E-state index is 0.475. The van der Waals surface area contributed by atoms with Crippen LogP contribution in [0.15, 0.2) is 6.07 Å². The number of aromatic nitrogens is 2. The molecule has 1 rings (SSSR count). The summed E-state index contributed by atoms with van der Waals surface area (Å²) >= 11 is 0. The van der Waals surface area contributed by atoms with Crippen LogP contribution < -0.4 is 10.1 Å². The van der Waals surface area contributed by atoms with Crippen molar-refractivity contribution in [1.82, 2.24) is 9.97 Å². The zero-order valence-electron chi connectivity index (χ0n) is 10.2. The van der Waals surface area contributed by atoms with Gasteiger partial charge in [-0.25, -0.2) is 4.98 Å². The van der Waals surface area contributed by atoms with Crippen molar-refractivity contribution < 1.29 is 4.74 Å². The van der Waals surface area contributed by atoms with E-state index in [0.717, 1.165) is 5.69 Å². The number of terminal acetylenes is 1. The smallest absolute Gasteiger partial charge is 0.227 e. The summed E-state index contributed by atoms with van der Waals surface area (Å²) in [5.41, 5.74) is 0.367. The van der Waals surface area contributed by atoms with Crippen LogP contribution in [-0.2, 0) is 0 Å². The predicted molar refractivity (Wildman–Crippen MR) is 64.5 cm³/mol. The molecule has 1 aromatic rings. The minimum Gasteiger partial charge on any atom is -0.478 e. The first-order valence-electron chi connectivity index (χ1n) is 5.21. The summed E-state index contributed by atoms with van der Waals surface area (Å²) in [6.45, 7) is 8.15. The molecule has 0 radical (unpaired) electrons. The second kappa shape index (κ2) is 4.84. The molecule has 0 fully saturated rings. The Morgan fingerprint density at radius 1 is 1.50 bits per heavy atom. The number of ether oxygens (including phenoxy) is 1. The summed E-state index contributed by atoms with van der Waals surface area (Å²) < 4.78 is 5.33. The van der Waals surface area contributed by atoms with Gasteiger partial charge in [-0.05, 0) is 27.7 Å². The summed E-state index contributed by atoms with van der Waals surface area (Å²) in [5.74, 6) is 3.68. The first kappa shape index (κ1) is 12.3. The fourth-order valence-electron chi connectivity index (χ4n) is 1.13.